The maximum Gasteiger partial charge on any atom is 0.137 e. The molecule has 82 valence electrons. The van der Waals surface area contributed by atoms with Crippen molar-refractivity contribution in [2.24, 2.45) is 5.41 Å². The molecule has 0 aromatic heterocycles. The first-order valence-electron chi connectivity index (χ1n) is 5.12. The van der Waals surface area contributed by atoms with Crippen molar-refractivity contribution < 1.29 is 9.84 Å². The summed E-state index contributed by atoms with van der Waals surface area (Å²) in [6.45, 7) is 0.276. The van der Waals surface area contributed by atoms with E-state index in [-0.39, 0.29) is 12.0 Å². The van der Waals surface area contributed by atoms with E-state index >= 15 is 0 Å². The minimum Gasteiger partial charge on any atom is -0.495 e. The highest BCUT2D eigenvalue weighted by Gasteiger charge is 2.41. The molecule has 0 aliphatic heterocycles. The van der Waals surface area contributed by atoms with Gasteiger partial charge in [-0.05, 0) is 42.4 Å². The quantitative estimate of drug-likeness (QED) is 0.856. The van der Waals surface area contributed by atoms with Crippen LogP contribution in [0.2, 0.25) is 5.02 Å². The van der Waals surface area contributed by atoms with Crippen LogP contribution >= 0.6 is 11.6 Å². The number of hydrogen-bond acceptors (Lipinski definition) is 2. The normalized spacial score (nSPS) is 17.5. The van der Waals surface area contributed by atoms with Gasteiger partial charge in [-0.3, -0.25) is 0 Å². The highest BCUT2D eigenvalue weighted by Crippen LogP contribution is 2.48. The second-order valence-electron chi connectivity index (χ2n) is 4.30. The van der Waals surface area contributed by atoms with Crippen molar-refractivity contribution in [3.05, 3.63) is 28.8 Å². The summed E-state index contributed by atoms with van der Waals surface area (Å²) in [4.78, 5) is 0. The fourth-order valence-electron chi connectivity index (χ4n) is 1.81. The molecule has 0 bridgehead atoms. The van der Waals surface area contributed by atoms with Crippen LogP contribution in [0.15, 0.2) is 18.2 Å². The molecule has 0 heterocycles. The van der Waals surface area contributed by atoms with E-state index in [1.807, 2.05) is 18.2 Å². The molecular formula is C12H15ClO2. The van der Waals surface area contributed by atoms with Crippen molar-refractivity contribution in [3.63, 3.8) is 0 Å². The third-order valence-electron chi connectivity index (χ3n) is 3.09. The highest BCUT2D eigenvalue weighted by molar-refractivity contribution is 6.32. The number of aliphatic hydroxyl groups excluding tert-OH is 1. The molecule has 1 saturated carbocycles. The van der Waals surface area contributed by atoms with Gasteiger partial charge < -0.3 is 9.84 Å². The lowest BCUT2D eigenvalue weighted by Gasteiger charge is -2.12. The van der Waals surface area contributed by atoms with E-state index < -0.39 is 0 Å². The summed E-state index contributed by atoms with van der Waals surface area (Å²) in [7, 11) is 1.62. The predicted octanol–water partition coefficient (Wildman–Crippen LogP) is 2.66. The summed E-state index contributed by atoms with van der Waals surface area (Å²) in [5, 5.41) is 9.88. The Bertz CT molecular complexity index is 359. The maximum absolute atomic E-state index is 9.24. The first-order chi connectivity index (χ1) is 7.19. The molecule has 1 aromatic rings. The average Bonchev–Trinajstić information content (AvgIpc) is 3.02. The Morgan fingerprint density at radius 1 is 1.47 bits per heavy atom. The molecule has 1 aliphatic carbocycles. The lowest BCUT2D eigenvalue weighted by molar-refractivity contribution is 0.211. The summed E-state index contributed by atoms with van der Waals surface area (Å²) in [5.41, 5.74) is 1.32. The smallest absolute Gasteiger partial charge is 0.137 e. The van der Waals surface area contributed by atoms with Crippen molar-refractivity contribution in [2.45, 2.75) is 19.3 Å². The molecule has 1 fully saturated rings. The van der Waals surface area contributed by atoms with Crippen molar-refractivity contribution in [2.75, 3.05) is 13.7 Å². The zero-order valence-electron chi connectivity index (χ0n) is 8.79. The van der Waals surface area contributed by atoms with Gasteiger partial charge >= 0.3 is 0 Å². The zero-order valence-corrected chi connectivity index (χ0v) is 9.55. The molecular weight excluding hydrogens is 212 g/mol. The van der Waals surface area contributed by atoms with Gasteiger partial charge in [0.25, 0.3) is 0 Å². The van der Waals surface area contributed by atoms with E-state index in [0.29, 0.717) is 10.8 Å². The first-order valence-corrected chi connectivity index (χ1v) is 5.50. The minimum absolute atomic E-state index is 0.138. The molecule has 3 heteroatoms. The molecule has 0 atom stereocenters. The van der Waals surface area contributed by atoms with Gasteiger partial charge in [0.15, 0.2) is 0 Å². The van der Waals surface area contributed by atoms with Crippen molar-refractivity contribution >= 4 is 11.6 Å². The fourth-order valence-corrected chi connectivity index (χ4v) is 2.01. The standard InChI is InChI=1S/C12H15ClO2/c1-15-11-6-9(2-3-10(11)13)7-12(8-14)4-5-12/h2-3,6,14H,4-5,7-8H2,1H3. The van der Waals surface area contributed by atoms with Crippen LogP contribution in [-0.4, -0.2) is 18.8 Å². The maximum atomic E-state index is 9.24. The van der Waals surface area contributed by atoms with E-state index in [4.69, 9.17) is 16.3 Å². The number of hydrogen-bond donors (Lipinski definition) is 1. The van der Waals surface area contributed by atoms with Gasteiger partial charge in [0.05, 0.1) is 12.1 Å². The number of aliphatic hydroxyl groups is 1. The van der Waals surface area contributed by atoms with Crippen LogP contribution in [0.3, 0.4) is 0 Å². The second kappa shape index (κ2) is 4.03. The van der Waals surface area contributed by atoms with Crippen LogP contribution in [-0.2, 0) is 6.42 Å². The molecule has 0 spiro atoms. The van der Waals surface area contributed by atoms with Crippen molar-refractivity contribution in [1.82, 2.24) is 0 Å². The van der Waals surface area contributed by atoms with Gasteiger partial charge in [0, 0.05) is 6.61 Å². The lowest BCUT2D eigenvalue weighted by Crippen LogP contribution is -2.10. The minimum atomic E-state index is 0.138. The van der Waals surface area contributed by atoms with Crippen LogP contribution in [0.25, 0.3) is 0 Å². The lowest BCUT2D eigenvalue weighted by atomic mass is 9.97. The number of methoxy groups -OCH3 is 1. The second-order valence-corrected chi connectivity index (χ2v) is 4.71. The van der Waals surface area contributed by atoms with Crippen LogP contribution in [0.5, 0.6) is 5.75 Å². The summed E-state index contributed by atoms with van der Waals surface area (Å²) in [6, 6.07) is 5.81. The predicted molar refractivity (Wildman–Crippen MR) is 60.5 cm³/mol. The van der Waals surface area contributed by atoms with E-state index in [9.17, 15) is 5.11 Å². The SMILES string of the molecule is COc1cc(CC2(CO)CC2)ccc1Cl. The Kier molecular flexibility index (Phi) is 2.89. The summed E-state index contributed by atoms with van der Waals surface area (Å²) in [6.07, 6.45) is 3.15. The molecule has 0 radical (unpaired) electrons. The Morgan fingerprint density at radius 3 is 2.73 bits per heavy atom. The number of halogens is 1. The van der Waals surface area contributed by atoms with Crippen molar-refractivity contribution in [3.8, 4) is 5.75 Å². The third kappa shape index (κ3) is 2.27. The van der Waals surface area contributed by atoms with E-state index in [2.05, 4.69) is 0 Å². The van der Waals surface area contributed by atoms with E-state index in [1.54, 1.807) is 7.11 Å². The fraction of sp³-hybridized carbons (Fsp3) is 0.500. The molecule has 2 rings (SSSR count). The van der Waals surface area contributed by atoms with Crippen molar-refractivity contribution in [1.29, 1.82) is 0 Å². The number of rotatable bonds is 4. The molecule has 0 amide bonds. The van der Waals surface area contributed by atoms with Gasteiger partial charge in [-0.1, -0.05) is 17.7 Å². The Labute approximate surface area is 94.8 Å². The molecule has 0 unspecified atom stereocenters. The van der Waals surface area contributed by atoms with Crippen LogP contribution < -0.4 is 4.74 Å². The summed E-state index contributed by atoms with van der Waals surface area (Å²) >= 11 is 5.94. The number of ether oxygens (including phenoxy) is 1. The van der Waals surface area contributed by atoms with Crippen LogP contribution in [0.1, 0.15) is 18.4 Å². The molecule has 1 aliphatic rings. The van der Waals surface area contributed by atoms with E-state index in [0.717, 1.165) is 19.3 Å². The van der Waals surface area contributed by atoms with E-state index in [1.165, 1.54) is 5.56 Å². The number of benzene rings is 1. The van der Waals surface area contributed by atoms with Gasteiger partial charge in [-0.25, -0.2) is 0 Å². The molecule has 1 aromatic carbocycles. The molecule has 2 nitrogen and oxygen atoms in total. The van der Waals surface area contributed by atoms with Crippen LogP contribution in [0, 0.1) is 5.41 Å². The molecule has 15 heavy (non-hydrogen) atoms. The highest BCUT2D eigenvalue weighted by atomic mass is 35.5. The third-order valence-corrected chi connectivity index (χ3v) is 3.40. The molecule has 1 N–H and O–H groups in total. The van der Waals surface area contributed by atoms with Crippen LogP contribution in [0.4, 0.5) is 0 Å². The summed E-state index contributed by atoms with van der Waals surface area (Å²) in [5.74, 6) is 0.711. The topological polar surface area (TPSA) is 29.5 Å². The Hall–Kier alpha value is -0.730. The monoisotopic (exact) mass is 226 g/mol. The Balaban J connectivity index is 2.15. The average molecular weight is 227 g/mol. The van der Waals surface area contributed by atoms with Gasteiger partial charge in [0.2, 0.25) is 0 Å². The van der Waals surface area contributed by atoms with Gasteiger partial charge in [0.1, 0.15) is 5.75 Å². The zero-order chi connectivity index (χ0) is 10.9. The summed E-state index contributed by atoms with van der Waals surface area (Å²) < 4.78 is 5.16. The largest absolute Gasteiger partial charge is 0.495 e. The van der Waals surface area contributed by atoms with Gasteiger partial charge in [-0.2, -0.15) is 0 Å². The first kappa shape index (κ1) is 10.8. The Morgan fingerprint density at radius 2 is 2.20 bits per heavy atom. The van der Waals surface area contributed by atoms with Gasteiger partial charge in [-0.15, -0.1) is 0 Å². The molecule has 0 saturated heterocycles.